The van der Waals surface area contributed by atoms with Crippen LogP contribution in [0.3, 0.4) is 0 Å². The number of aliphatic hydroxyl groups is 2. The Bertz CT molecular complexity index is 1190. The molecule has 0 atom stereocenters. The molecule has 168 valence electrons. The van der Waals surface area contributed by atoms with Gasteiger partial charge in [-0.1, -0.05) is 24.3 Å². The van der Waals surface area contributed by atoms with Gasteiger partial charge in [-0.05, 0) is 35.4 Å². The second kappa shape index (κ2) is 10.3. The van der Waals surface area contributed by atoms with Crippen molar-refractivity contribution in [3.63, 3.8) is 0 Å². The molecule has 8 heteroatoms. The summed E-state index contributed by atoms with van der Waals surface area (Å²) in [6, 6.07) is 14.9. The summed E-state index contributed by atoms with van der Waals surface area (Å²) in [5, 5.41) is 28.5. The van der Waals surface area contributed by atoms with E-state index in [9.17, 15) is 10.2 Å². The van der Waals surface area contributed by atoms with Gasteiger partial charge in [0.1, 0.15) is 16.5 Å². The third kappa shape index (κ3) is 4.20. The number of fused-ring (bicyclic) bond motifs is 1. The van der Waals surface area contributed by atoms with Crippen LogP contribution in [0.2, 0.25) is 0 Å². The van der Waals surface area contributed by atoms with E-state index < -0.39 is 0 Å². The van der Waals surface area contributed by atoms with E-state index in [-0.39, 0.29) is 12.4 Å². The van der Waals surface area contributed by atoms with Crippen molar-refractivity contribution in [2.45, 2.75) is 6.61 Å². The van der Waals surface area contributed by atoms with Crippen molar-refractivity contribution < 1.29 is 29.5 Å². The van der Waals surface area contributed by atoms with Gasteiger partial charge >= 0.3 is 0 Å². The lowest BCUT2D eigenvalue weighted by Crippen LogP contribution is -1.94. The average molecular weight is 456 g/mol. The molecule has 4 rings (SSSR count). The fourth-order valence-corrected chi connectivity index (χ4v) is 4.47. The first kappa shape index (κ1) is 23.3. The standard InChI is InChI=1S/C23H21NO5S.CH4O/c1-27-15-8-4-13(5-9-15)18-20-23(30-17(12-25)24-20)19(21(26)22(18)29-3)14-6-10-16(28-2)11-7-14;1-2/h4-11,25-26H,12H2,1-3H3;2H,1H3. The van der Waals surface area contributed by atoms with Crippen molar-refractivity contribution in [1.29, 1.82) is 0 Å². The van der Waals surface area contributed by atoms with E-state index in [2.05, 4.69) is 4.98 Å². The Morgan fingerprint density at radius 3 is 1.72 bits per heavy atom. The van der Waals surface area contributed by atoms with Gasteiger partial charge < -0.3 is 29.5 Å². The highest BCUT2D eigenvalue weighted by Gasteiger charge is 2.25. The first-order valence-corrected chi connectivity index (χ1v) is 10.5. The van der Waals surface area contributed by atoms with E-state index in [1.54, 1.807) is 14.2 Å². The minimum Gasteiger partial charge on any atom is -0.504 e. The van der Waals surface area contributed by atoms with Gasteiger partial charge in [-0.15, -0.1) is 11.3 Å². The molecule has 0 bridgehead atoms. The number of phenols is 1. The number of nitrogens with zero attached hydrogens (tertiary/aromatic N) is 1. The molecule has 7 nitrogen and oxygen atoms in total. The van der Waals surface area contributed by atoms with Crippen LogP contribution in [-0.4, -0.2) is 48.7 Å². The van der Waals surface area contributed by atoms with Gasteiger partial charge in [0.15, 0.2) is 11.5 Å². The SMILES string of the molecule is CO.COc1ccc(-c2c(OC)c(O)c(-c3ccc(OC)cc3)c3sc(CO)nc23)cc1. The summed E-state index contributed by atoms with van der Waals surface area (Å²) in [7, 11) is 5.73. The maximum Gasteiger partial charge on any atom is 0.171 e. The predicted octanol–water partition coefficient (Wildman–Crippen LogP) is 4.46. The maximum atomic E-state index is 11.2. The lowest BCUT2D eigenvalue weighted by Gasteiger charge is -2.16. The zero-order valence-corrected chi connectivity index (χ0v) is 19.1. The van der Waals surface area contributed by atoms with Crippen LogP contribution in [0, 0.1) is 0 Å². The highest BCUT2D eigenvalue weighted by Crippen LogP contribution is 2.51. The normalized spacial score (nSPS) is 10.4. The molecule has 0 unspecified atom stereocenters. The number of hydrogen-bond acceptors (Lipinski definition) is 8. The minimum atomic E-state index is -0.188. The first-order valence-electron chi connectivity index (χ1n) is 9.68. The van der Waals surface area contributed by atoms with E-state index in [1.807, 2.05) is 48.5 Å². The first-order chi connectivity index (χ1) is 15.6. The van der Waals surface area contributed by atoms with Gasteiger partial charge in [-0.3, -0.25) is 0 Å². The second-order valence-electron chi connectivity index (χ2n) is 6.53. The van der Waals surface area contributed by atoms with Crippen molar-refractivity contribution in [2.75, 3.05) is 28.4 Å². The Kier molecular flexibility index (Phi) is 7.53. The van der Waals surface area contributed by atoms with E-state index in [4.69, 9.17) is 19.3 Å². The molecule has 0 aliphatic carbocycles. The van der Waals surface area contributed by atoms with E-state index >= 15 is 0 Å². The summed E-state index contributed by atoms with van der Waals surface area (Å²) in [6.45, 7) is -0.188. The van der Waals surface area contributed by atoms with Crippen molar-refractivity contribution in [3.05, 3.63) is 53.5 Å². The quantitative estimate of drug-likeness (QED) is 0.394. The van der Waals surface area contributed by atoms with E-state index in [0.717, 1.165) is 34.4 Å². The molecular formula is C24H25NO6S. The van der Waals surface area contributed by atoms with Crippen LogP contribution in [0.5, 0.6) is 23.0 Å². The smallest absolute Gasteiger partial charge is 0.171 e. The number of methoxy groups -OCH3 is 3. The van der Waals surface area contributed by atoms with Crippen molar-refractivity contribution in [1.82, 2.24) is 4.98 Å². The number of ether oxygens (including phenoxy) is 3. The summed E-state index contributed by atoms with van der Waals surface area (Å²) in [5.74, 6) is 1.79. The number of rotatable bonds is 6. The fraction of sp³-hybridized carbons (Fsp3) is 0.208. The van der Waals surface area contributed by atoms with Crippen molar-refractivity contribution in [3.8, 4) is 45.3 Å². The highest BCUT2D eigenvalue weighted by molar-refractivity contribution is 7.19. The maximum absolute atomic E-state index is 11.2. The average Bonchev–Trinajstić information content (AvgIpc) is 3.28. The molecule has 3 N–H and O–H groups in total. The largest absolute Gasteiger partial charge is 0.504 e. The summed E-state index contributed by atoms with van der Waals surface area (Å²) in [6.07, 6.45) is 0. The third-order valence-corrected chi connectivity index (χ3v) is 5.97. The Morgan fingerprint density at radius 1 is 0.781 bits per heavy atom. The second-order valence-corrected chi connectivity index (χ2v) is 7.62. The number of thiazole rings is 1. The van der Waals surface area contributed by atoms with Gasteiger partial charge in [-0.25, -0.2) is 4.98 Å². The summed E-state index contributed by atoms with van der Waals surface area (Å²) < 4.78 is 16.9. The molecule has 1 aromatic heterocycles. The molecule has 4 aromatic rings. The lowest BCUT2D eigenvalue weighted by molar-refractivity contribution is 0.281. The molecule has 0 fully saturated rings. The molecule has 0 spiro atoms. The van der Waals surface area contributed by atoms with Crippen LogP contribution in [0.25, 0.3) is 32.5 Å². The molecule has 0 saturated heterocycles. The van der Waals surface area contributed by atoms with Gasteiger partial charge in [0.05, 0.1) is 43.7 Å². The zero-order chi connectivity index (χ0) is 23.3. The number of aliphatic hydroxyl groups excluding tert-OH is 2. The zero-order valence-electron chi connectivity index (χ0n) is 18.2. The minimum absolute atomic E-state index is 0.0223. The monoisotopic (exact) mass is 455 g/mol. The van der Waals surface area contributed by atoms with Crippen molar-refractivity contribution >= 4 is 21.6 Å². The lowest BCUT2D eigenvalue weighted by atomic mass is 9.96. The van der Waals surface area contributed by atoms with Crippen LogP contribution in [0.4, 0.5) is 0 Å². The number of benzene rings is 3. The topological polar surface area (TPSA) is 101 Å². The molecule has 0 saturated carbocycles. The predicted molar refractivity (Wildman–Crippen MR) is 126 cm³/mol. The molecular weight excluding hydrogens is 430 g/mol. The van der Waals surface area contributed by atoms with Crippen LogP contribution in [-0.2, 0) is 6.61 Å². The summed E-state index contributed by atoms with van der Waals surface area (Å²) >= 11 is 1.35. The third-order valence-electron chi connectivity index (χ3n) is 4.91. The van der Waals surface area contributed by atoms with Crippen molar-refractivity contribution in [2.24, 2.45) is 0 Å². The van der Waals surface area contributed by atoms with Gasteiger partial charge in [0, 0.05) is 12.7 Å². The highest BCUT2D eigenvalue weighted by atomic mass is 32.1. The molecule has 0 radical (unpaired) electrons. The van der Waals surface area contributed by atoms with Gasteiger partial charge in [0.25, 0.3) is 0 Å². The Hall–Kier alpha value is -3.33. The number of aromatic nitrogens is 1. The van der Waals surface area contributed by atoms with Crippen LogP contribution < -0.4 is 14.2 Å². The number of hydrogen-bond donors (Lipinski definition) is 3. The fourth-order valence-electron chi connectivity index (χ4n) is 3.47. The van der Waals surface area contributed by atoms with E-state index in [0.29, 0.717) is 27.4 Å². The van der Waals surface area contributed by atoms with E-state index in [1.165, 1.54) is 18.4 Å². The molecule has 0 aliphatic rings. The summed E-state index contributed by atoms with van der Waals surface area (Å²) in [4.78, 5) is 4.64. The molecule has 32 heavy (non-hydrogen) atoms. The number of phenolic OH excluding ortho intramolecular Hbond substituents is 1. The van der Waals surface area contributed by atoms with Gasteiger partial charge in [-0.2, -0.15) is 0 Å². The van der Waals surface area contributed by atoms with Crippen LogP contribution in [0.15, 0.2) is 48.5 Å². The Labute approximate surface area is 190 Å². The van der Waals surface area contributed by atoms with Crippen LogP contribution >= 0.6 is 11.3 Å². The number of aromatic hydroxyl groups is 1. The summed E-state index contributed by atoms with van der Waals surface area (Å²) in [5.41, 5.74) is 3.56. The molecule has 0 amide bonds. The van der Waals surface area contributed by atoms with Gasteiger partial charge in [0.2, 0.25) is 0 Å². The molecule has 1 heterocycles. The van der Waals surface area contributed by atoms with Crippen LogP contribution in [0.1, 0.15) is 5.01 Å². The molecule has 3 aromatic carbocycles. The Balaban J connectivity index is 0.00000141. The molecule has 0 aliphatic heterocycles. The Morgan fingerprint density at radius 2 is 1.28 bits per heavy atom.